The number of nitrogens with one attached hydrogen (secondary N) is 1. The van der Waals surface area contributed by atoms with Crippen LogP contribution in [0.15, 0.2) is 16.0 Å². The van der Waals surface area contributed by atoms with Gasteiger partial charge in [0.1, 0.15) is 24.4 Å². The summed E-state index contributed by atoms with van der Waals surface area (Å²) in [5, 5.41) is 0.900. The molecule has 0 amide bonds. The van der Waals surface area contributed by atoms with E-state index in [9.17, 15) is 4.79 Å². The van der Waals surface area contributed by atoms with Crippen LogP contribution in [0.4, 0.5) is 0 Å². The Balaban J connectivity index is 2.71. The first-order valence-electron chi connectivity index (χ1n) is 16.4. The SMILES string of the molecule is CC(C)(C)[Si](C)(C)OC[C@H]1O[C@@H](c2cnc(=O)[nH]c2SCC[Si](C)(C)C)[C@H](O[Si](C)(C)C(C)(C)C)[C@@H]1O[Si](C)(C)C(C)(C)C. The number of ether oxygens (including phenoxy) is 1. The van der Waals surface area contributed by atoms with Gasteiger partial charge >= 0.3 is 5.69 Å². The van der Waals surface area contributed by atoms with Crippen molar-refractivity contribution in [1.82, 2.24) is 9.97 Å². The third-order valence-corrected chi connectivity index (χ3v) is 27.0. The Kier molecular flexibility index (Phi) is 12.6. The second-order valence-corrected chi connectivity index (χ2v) is 39.5. The van der Waals surface area contributed by atoms with Gasteiger partial charge in [-0.3, -0.25) is 0 Å². The zero-order chi connectivity index (χ0) is 34.3. The van der Waals surface area contributed by atoms with Crippen molar-refractivity contribution in [3.63, 3.8) is 0 Å². The first-order chi connectivity index (χ1) is 19.5. The van der Waals surface area contributed by atoms with Gasteiger partial charge in [-0.25, -0.2) is 9.78 Å². The zero-order valence-electron chi connectivity index (χ0n) is 31.4. The molecule has 4 atom stereocenters. The number of H-pyrrole nitrogens is 1. The maximum atomic E-state index is 12.5. The number of hydrogen-bond acceptors (Lipinski definition) is 7. The average Bonchev–Trinajstić information content (AvgIpc) is 3.10. The molecule has 2 rings (SSSR count). The Morgan fingerprint density at radius 2 is 1.27 bits per heavy atom. The smallest absolute Gasteiger partial charge is 0.345 e. The van der Waals surface area contributed by atoms with Crippen LogP contribution in [0.3, 0.4) is 0 Å². The minimum atomic E-state index is -2.28. The molecular weight excluding hydrogens is 637 g/mol. The Morgan fingerprint density at radius 3 is 1.73 bits per heavy atom. The average molecular weight is 703 g/mol. The number of aromatic amines is 1. The summed E-state index contributed by atoms with van der Waals surface area (Å²) in [6, 6.07) is 1.15. The molecule has 2 heterocycles. The fraction of sp³-hybridized carbons (Fsp3) is 0.875. The van der Waals surface area contributed by atoms with Gasteiger partial charge in [-0.1, -0.05) is 82.0 Å². The summed E-state index contributed by atoms with van der Waals surface area (Å²) in [6.07, 6.45) is 0.284. The van der Waals surface area contributed by atoms with Gasteiger partial charge in [0.25, 0.3) is 0 Å². The second-order valence-electron chi connectivity index (χ2n) is 18.5. The molecule has 1 aromatic heterocycles. The monoisotopic (exact) mass is 702 g/mol. The summed E-state index contributed by atoms with van der Waals surface area (Å²) in [5.41, 5.74) is 0.545. The minimum absolute atomic E-state index is 0.00698. The number of nitrogens with zero attached hydrogens (tertiary/aromatic N) is 1. The molecule has 0 radical (unpaired) electrons. The van der Waals surface area contributed by atoms with Crippen LogP contribution in [0.1, 0.15) is 74.0 Å². The van der Waals surface area contributed by atoms with Gasteiger partial charge in [-0.2, -0.15) is 0 Å². The van der Waals surface area contributed by atoms with Crippen LogP contribution in [-0.4, -0.2) is 73.7 Å². The first kappa shape index (κ1) is 40.1. The molecule has 0 aromatic carbocycles. The molecule has 7 nitrogen and oxygen atoms in total. The topological polar surface area (TPSA) is 82.7 Å². The molecule has 0 unspecified atom stereocenters. The van der Waals surface area contributed by atoms with Gasteiger partial charge in [-0.05, 0) is 66.2 Å². The van der Waals surface area contributed by atoms with Crippen molar-refractivity contribution in [2.24, 2.45) is 0 Å². The van der Waals surface area contributed by atoms with E-state index in [4.69, 9.17) is 18.0 Å². The molecule has 1 saturated heterocycles. The normalized spacial score (nSPS) is 23.0. The van der Waals surface area contributed by atoms with Crippen LogP contribution in [-0.2, 0) is 18.0 Å². The third-order valence-electron chi connectivity index (χ3n) is 10.4. The Morgan fingerprint density at radius 1 is 0.795 bits per heavy atom. The predicted molar refractivity (Wildman–Crippen MR) is 199 cm³/mol. The lowest BCUT2D eigenvalue weighted by atomic mass is 10.0. The summed E-state index contributed by atoms with van der Waals surface area (Å²) in [6.45, 7) is 41.8. The van der Waals surface area contributed by atoms with Crippen LogP contribution >= 0.6 is 11.8 Å². The molecule has 0 aliphatic carbocycles. The van der Waals surface area contributed by atoms with Gasteiger partial charge in [0.05, 0.1) is 11.6 Å². The summed E-state index contributed by atoms with van der Waals surface area (Å²) in [4.78, 5) is 19.8. The van der Waals surface area contributed by atoms with E-state index in [1.54, 1.807) is 18.0 Å². The molecule has 1 aromatic rings. The van der Waals surface area contributed by atoms with Crippen LogP contribution in [0.5, 0.6) is 0 Å². The van der Waals surface area contributed by atoms with Crippen LogP contribution in [0.25, 0.3) is 0 Å². The summed E-state index contributed by atoms with van der Waals surface area (Å²) in [7, 11) is -7.85. The highest BCUT2D eigenvalue weighted by Crippen LogP contribution is 2.48. The fourth-order valence-corrected chi connectivity index (χ4v) is 11.3. The lowest BCUT2D eigenvalue weighted by molar-refractivity contribution is -0.0184. The highest BCUT2D eigenvalue weighted by Gasteiger charge is 2.55. The lowest BCUT2D eigenvalue weighted by Gasteiger charge is -2.44. The molecule has 1 N–H and O–H groups in total. The van der Waals surface area contributed by atoms with Gasteiger partial charge in [0.2, 0.25) is 0 Å². The van der Waals surface area contributed by atoms with Crippen molar-refractivity contribution < 1.29 is 18.0 Å². The summed E-state index contributed by atoms with van der Waals surface area (Å²) >= 11 is 1.70. The summed E-state index contributed by atoms with van der Waals surface area (Å²) in [5.74, 6) is 0.935. The summed E-state index contributed by atoms with van der Waals surface area (Å²) < 4.78 is 28.5. The molecule has 1 fully saturated rings. The molecule has 0 bridgehead atoms. The number of aromatic nitrogens is 2. The number of thioether (sulfide) groups is 1. The zero-order valence-corrected chi connectivity index (χ0v) is 36.2. The lowest BCUT2D eigenvalue weighted by Crippen LogP contribution is -2.54. The van der Waals surface area contributed by atoms with Gasteiger partial charge in [-0.15, -0.1) is 11.8 Å². The molecule has 44 heavy (non-hydrogen) atoms. The third kappa shape index (κ3) is 10.2. The Labute approximate surface area is 278 Å². The second kappa shape index (κ2) is 13.8. The van der Waals surface area contributed by atoms with Gasteiger partial charge in [0, 0.05) is 19.8 Å². The van der Waals surface area contributed by atoms with Crippen LogP contribution in [0.2, 0.25) is 80.1 Å². The highest BCUT2D eigenvalue weighted by atomic mass is 32.2. The molecule has 0 spiro atoms. The number of hydrogen-bond donors (Lipinski definition) is 1. The van der Waals surface area contributed by atoms with Crippen molar-refractivity contribution in [1.29, 1.82) is 0 Å². The van der Waals surface area contributed by atoms with Gasteiger partial charge < -0.3 is 23.0 Å². The van der Waals surface area contributed by atoms with Crippen molar-refractivity contribution in [2.45, 2.75) is 172 Å². The Bertz CT molecular complexity index is 1160. The van der Waals surface area contributed by atoms with E-state index in [0.29, 0.717) is 6.61 Å². The predicted octanol–water partition coefficient (Wildman–Crippen LogP) is 9.44. The molecule has 0 saturated carbocycles. The minimum Gasteiger partial charge on any atom is -0.414 e. The molecule has 1 aliphatic heterocycles. The first-order valence-corrected chi connectivity index (χ1v) is 29.8. The maximum Gasteiger partial charge on any atom is 0.345 e. The van der Waals surface area contributed by atoms with E-state index >= 15 is 0 Å². The van der Waals surface area contributed by atoms with Crippen LogP contribution in [0, 0.1) is 0 Å². The van der Waals surface area contributed by atoms with E-state index in [2.05, 4.69) is 131 Å². The van der Waals surface area contributed by atoms with Crippen molar-refractivity contribution >= 4 is 44.8 Å². The largest absolute Gasteiger partial charge is 0.414 e. The van der Waals surface area contributed by atoms with E-state index in [1.807, 2.05) is 0 Å². The van der Waals surface area contributed by atoms with E-state index in [-0.39, 0.29) is 39.1 Å². The van der Waals surface area contributed by atoms with Crippen LogP contribution < -0.4 is 5.69 Å². The maximum absolute atomic E-state index is 12.5. The van der Waals surface area contributed by atoms with Gasteiger partial charge in [0.15, 0.2) is 25.0 Å². The van der Waals surface area contributed by atoms with E-state index < -0.39 is 39.1 Å². The Hall–Kier alpha value is -0.0625. The molecule has 1 aliphatic rings. The van der Waals surface area contributed by atoms with Crippen molar-refractivity contribution in [3.05, 3.63) is 22.2 Å². The fourth-order valence-electron chi connectivity index (χ4n) is 4.09. The van der Waals surface area contributed by atoms with E-state index in [0.717, 1.165) is 22.4 Å². The van der Waals surface area contributed by atoms with Crippen molar-refractivity contribution in [3.8, 4) is 0 Å². The molecule has 256 valence electrons. The van der Waals surface area contributed by atoms with Crippen molar-refractivity contribution in [2.75, 3.05) is 12.4 Å². The molecule has 12 heteroatoms. The number of rotatable bonds is 12. The standard InChI is InChI=1S/C32H66N2O5SSi4/c1-30(2,3)42(13,14)36-22-24-26(38-43(15,16)31(4,5)6)27(39-44(17,18)32(7,8)9)25(37-24)23-21-33-29(35)34-28(23)40-19-20-41(10,11)12/h21,24-27H,19-20,22H2,1-18H3,(H,33,34,35)/t24-,25+,26-,27+/m1/s1. The highest BCUT2D eigenvalue weighted by molar-refractivity contribution is 7.99. The van der Waals surface area contributed by atoms with E-state index in [1.165, 1.54) is 0 Å². The quantitative estimate of drug-likeness (QED) is 0.132. The molecular formula is C32H66N2O5SSi4.